The molecule has 1 unspecified atom stereocenters. The minimum absolute atomic E-state index is 0.0825. The van der Waals surface area contributed by atoms with Crippen LogP contribution in [0.3, 0.4) is 0 Å². The largest absolute Gasteiger partial charge is 0.469 e. The van der Waals surface area contributed by atoms with Crippen molar-refractivity contribution in [1.82, 2.24) is 0 Å². The molecule has 0 saturated heterocycles. The Morgan fingerprint density at radius 1 is 1.47 bits per heavy atom. The number of ether oxygens (including phenoxy) is 2. The second-order valence-corrected chi connectivity index (χ2v) is 3.85. The molecule has 0 aliphatic rings. The standard InChI is InChI=1S/C8H13F3O3S/c1-6(7(12)13-2)3-15-5-14-4-8(9,10)11/h6H,3-5H2,1-2H3. The number of esters is 1. The molecule has 0 aliphatic heterocycles. The van der Waals surface area contributed by atoms with E-state index in [2.05, 4.69) is 9.47 Å². The molecule has 0 radical (unpaired) electrons. The van der Waals surface area contributed by atoms with Crippen LogP contribution in [0.5, 0.6) is 0 Å². The van der Waals surface area contributed by atoms with Crippen molar-refractivity contribution in [1.29, 1.82) is 0 Å². The molecule has 90 valence electrons. The first-order valence-electron chi connectivity index (χ1n) is 4.17. The van der Waals surface area contributed by atoms with Gasteiger partial charge in [0.2, 0.25) is 0 Å². The minimum atomic E-state index is -4.30. The van der Waals surface area contributed by atoms with Gasteiger partial charge in [0, 0.05) is 5.75 Å². The number of hydrogen-bond donors (Lipinski definition) is 0. The molecular formula is C8H13F3O3S. The molecule has 7 heteroatoms. The van der Waals surface area contributed by atoms with Gasteiger partial charge in [-0.2, -0.15) is 13.2 Å². The van der Waals surface area contributed by atoms with Crippen LogP contribution in [-0.4, -0.2) is 37.6 Å². The molecule has 0 saturated carbocycles. The lowest BCUT2D eigenvalue weighted by molar-refractivity contribution is -0.168. The maximum absolute atomic E-state index is 11.6. The summed E-state index contributed by atoms with van der Waals surface area (Å²) >= 11 is 1.12. The van der Waals surface area contributed by atoms with Crippen LogP contribution in [0.25, 0.3) is 0 Å². The van der Waals surface area contributed by atoms with Gasteiger partial charge >= 0.3 is 12.1 Å². The molecule has 0 amide bonds. The summed E-state index contributed by atoms with van der Waals surface area (Å²) < 4.78 is 43.6. The van der Waals surface area contributed by atoms with Gasteiger partial charge in [0.15, 0.2) is 0 Å². The molecule has 0 bridgehead atoms. The van der Waals surface area contributed by atoms with Gasteiger partial charge in [-0.25, -0.2) is 0 Å². The van der Waals surface area contributed by atoms with Gasteiger partial charge in [-0.1, -0.05) is 6.92 Å². The van der Waals surface area contributed by atoms with Crippen molar-refractivity contribution in [3.63, 3.8) is 0 Å². The molecule has 15 heavy (non-hydrogen) atoms. The average molecular weight is 246 g/mol. The number of carbonyl (C=O) groups excluding carboxylic acids is 1. The SMILES string of the molecule is COC(=O)C(C)CSCOCC(F)(F)F. The Morgan fingerprint density at radius 2 is 2.07 bits per heavy atom. The lowest BCUT2D eigenvalue weighted by atomic mass is 10.2. The number of hydrogen-bond acceptors (Lipinski definition) is 4. The molecule has 1 atom stereocenters. The molecule has 0 aromatic rings. The first-order chi connectivity index (χ1) is 6.87. The van der Waals surface area contributed by atoms with Crippen LogP contribution in [0, 0.1) is 5.92 Å². The van der Waals surface area contributed by atoms with Crippen LogP contribution in [0.4, 0.5) is 13.2 Å². The summed E-state index contributed by atoms with van der Waals surface area (Å²) in [5.41, 5.74) is 0. The fraction of sp³-hybridized carbons (Fsp3) is 0.875. The predicted molar refractivity (Wildman–Crippen MR) is 50.5 cm³/mol. The first-order valence-corrected chi connectivity index (χ1v) is 5.32. The first kappa shape index (κ1) is 14.6. The quantitative estimate of drug-likeness (QED) is 0.408. The smallest absolute Gasteiger partial charge is 0.411 e. The summed E-state index contributed by atoms with van der Waals surface area (Å²) in [6.07, 6.45) is -4.30. The Kier molecular flexibility index (Phi) is 6.75. The molecule has 0 heterocycles. The third kappa shape index (κ3) is 8.56. The second kappa shape index (κ2) is 6.95. The molecule has 3 nitrogen and oxygen atoms in total. The molecule has 0 N–H and O–H groups in total. The van der Waals surface area contributed by atoms with E-state index in [1.165, 1.54) is 7.11 Å². The third-order valence-corrected chi connectivity index (χ3v) is 2.47. The lowest BCUT2D eigenvalue weighted by Gasteiger charge is -2.09. The van der Waals surface area contributed by atoms with Crippen molar-refractivity contribution in [2.75, 3.05) is 25.4 Å². The Labute approximate surface area is 90.3 Å². The third-order valence-electron chi connectivity index (χ3n) is 1.40. The van der Waals surface area contributed by atoms with Gasteiger partial charge in [-0.05, 0) is 0 Å². The van der Waals surface area contributed by atoms with E-state index >= 15 is 0 Å². The van der Waals surface area contributed by atoms with Gasteiger partial charge < -0.3 is 9.47 Å². The number of alkyl halides is 3. The lowest BCUT2D eigenvalue weighted by Crippen LogP contribution is -2.18. The summed E-state index contributed by atoms with van der Waals surface area (Å²) in [5, 5.41) is 0. The Hall–Kier alpha value is -0.430. The zero-order valence-electron chi connectivity index (χ0n) is 8.47. The fourth-order valence-electron chi connectivity index (χ4n) is 0.710. The van der Waals surface area contributed by atoms with Gasteiger partial charge in [-0.3, -0.25) is 4.79 Å². The number of methoxy groups -OCH3 is 1. The number of thioether (sulfide) groups is 1. The Morgan fingerprint density at radius 3 is 2.53 bits per heavy atom. The molecule has 0 rings (SSSR count). The van der Waals surface area contributed by atoms with E-state index in [1.54, 1.807) is 6.92 Å². The Balaban J connectivity index is 3.43. The van der Waals surface area contributed by atoms with Gasteiger partial charge in [0.1, 0.15) is 6.61 Å². The van der Waals surface area contributed by atoms with Crippen molar-refractivity contribution < 1.29 is 27.4 Å². The molecular weight excluding hydrogens is 233 g/mol. The van der Waals surface area contributed by atoms with Crippen molar-refractivity contribution in [2.45, 2.75) is 13.1 Å². The van der Waals surface area contributed by atoms with Crippen LogP contribution in [-0.2, 0) is 14.3 Å². The summed E-state index contributed by atoms with van der Waals surface area (Å²) in [7, 11) is 1.27. The molecule has 0 aliphatic carbocycles. The summed E-state index contributed by atoms with van der Waals surface area (Å²) in [5.74, 6) is -0.418. The average Bonchev–Trinajstić information content (AvgIpc) is 2.14. The predicted octanol–water partition coefficient (Wildman–Crippen LogP) is 2.07. The van der Waals surface area contributed by atoms with Gasteiger partial charge in [0.05, 0.1) is 19.0 Å². The van der Waals surface area contributed by atoms with Crippen LogP contribution in [0.15, 0.2) is 0 Å². The molecule has 0 fully saturated rings. The van der Waals surface area contributed by atoms with E-state index in [1.807, 2.05) is 0 Å². The number of carbonyl (C=O) groups is 1. The highest BCUT2D eigenvalue weighted by atomic mass is 32.2. The van der Waals surface area contributed by atoms with E-state index < -0.39 is 12.8 Å². The Bertz CT molecular complexity index is 196. The summed E-state index contributed by atoms with van der Waals surface area (Å²) in [4.78, 5) is 10.9. The highest BCUT2D eigenvalue weighted by Crippen LogP contribution is 2.16. The molecule has 0 spiro atoms. The molecule has 0 aromatic carbocycles. The highest BCUT2D eigenvalue weighted by Gasteiger charge is 2.27. The normalized spacial score (nSPS) is 13.7. The van der Waals surface area contributed by atoms with E-state index in [-0.39, 0.29) is 17.8 Å². The highest BCUT2D eigenvalue weighted by molar-refractivity contribution is 7.99. The van der Waals surface area contributed by atoms with E-state index in [0.717, 1.165) is 11.8 Å². The maximum Gasteiger partial charge on any atom is 0.411 e. The fourth-order valence-corrected chi connectivity index (χ4v) is 1.50. The second-order valence-electron chi connectivity index (χ2n) is 2.88. The van der Waals surface area contributed by atoms with Crippen LogP contribution < -0.4 is 0 Å². The van der Waals surface area contributed by atoms with Crippen molar-refractivity contribution in [2.24, 2.45) is 5.92 Å². The van der Waals surface area contributed by atoms with Crippen LogP contribution >= 0.6 is 11.8 Å². The van der Waals surface area contributed by atoms with Crippen molar-refractivity contribution in [3.8, 4) is 0 Å². The zero-order chi connectivity index (χ0) is 11.9. The van der Waals surface area contributed by atoms with Crippen LogP contribution in [0.2, 0.25) is 0 Å². The van der Waals surface area contributed by atoms with Gasteiger partial charge in [-0.15, -0.1) is 11.8 Å². The zero-order valence-corrected chi connectivity index (χ0v) is 9.28. The summed E-state index contributed by atoms with van der Waals surface area (Å²) in [6.45, 7) is 0.384. The topological polar surface area (TPSA) is 35.5 Å². The number of rotatable bonds is 6. The van der Waals surface area contributed by atoms with Crippen LogP contribution in [0.1, 0.15) is 6.92 Å². The maximum atomic E-state index is 11.6. The molecule has 0 aromatic heterocycles. The van der Waals surface area contributed by atoms with E-state index in [9.17, 15) is 18.0 Å². The number of halogens is 3. The minimum Gasteiger partial charge on any atom is -0.469 e. The van der Waals surface area contributed by atoms with E-state index in [4.69, 9.17) is 0 Å². The van der Waals surface area contributed by atoms with Gasteiger partial charge in [0.25, 0.3) is 0 Å². The van der Waals surface area contributed by atoms with E-state index in [0.29, 0.717) is 5.75 Å². The van der Waals surface area contributed by atoms with Crippen molar-refractivity contribution >= 4 is 17.7 Å². The van der Waals surface area contributed by atoms with Crippen molar-refractivity contribution in [3.05, 3.63) is 0 Å². The monoisotopic (exact) mass is 246 g/mol. The summed E-state index contributed by atoms with van der Waals surface area (Å²) in [6, 6.07) is 0.